The van der Waals surface area contributed by atoms with Gasteiger partial charge < -0.3 is 20.1 Å². The first-order valence-electron chi connectivity index (χ1n) is 14.4. The van der Waals surface area contributed by atoms with Crippen LogP contribution < -0.4 is 15.0 Å². The average molecular weight is 655 g/mol. The Morgan fingerprint density at radius 3 is 2.22 bits per heavy atom. The van der Waals surface area contributed by atoms with E-state index in [9.17, 15) is 40.3 Å². The molecule has 1 atom stereocenters. The summed E-state index contributed by atoms with van der Waals surface area (Å²) >= 11 is 0. The van der Waals surface area contributed by atoms with Crippen molar-refractivity contribution in [2.75, 3.05) is 29.9 Å². The standard InChI is InChI=1S/C31H29F7N4O4/c32-29(28(44)45)11-14-41(15-12-29)22-7-3-20(4-8-22)27(43)40-26-16-21(18-42-13-1-2-25(42)30(33,34)35)24(17-39-26)19-5-9-23(10-6-19)46-31(36,37)38/h3-10,16-17,25H,1-2,11-15,18H2,(H,44,45)(H,39,40,43)/t25-/m0/s1. The molecule has 1 aromatic heterocycles. The number of alkyl halides is 7. The highest BCUT2D eigenvalue weighted by atomic mass is 19.4. The third-order valence-corrected chi connectivity index (χ3v) is 8.18. The lowest BCUT2D eigenvalue weighted by atomic mass is 9.93. The fraction of sp³-hybridized carbons (Fsp3) is 0.387. The van der Waals surface area contributed by atoms with Gasteiger partial charge in [-0.05, 0) is 73.0 Å². The van der Waals surface area contributed by atoms with Gasteiger partial charge in [0.25, 0.3) is 5.91 Å². The van der Waals surface area contributed by atoms with Crippen molar-refractivity contribution < 1.29 is 50.2 Å². The summed E-state index contributed by atoms with van der Waals surface area (Å²) < 4.78 is 97.3. The second kappa shape index (κ2) is 12.8. The summed E-state index contributed by atoms with van der Waals surface area (Å²) in [5.74, 6) is -2.46. The smallest absolute Gasteiger partial charge is 0.479 e. The molecule has 0 unspecified atom stereocenters. The third kappa shape index (κ3) is 7.69. The molecule has 0 bridgehead atoms. The maximum Gasteiger partial charge on any atom is 0.573 e. The average Bonchev–Trinajstić information content (AvgIpc) is 3.47. The highest BCUT2D eigenvalue weighted by molar-refractivity contribution is 6.04. The maximum atomic E-state index is 14.4. The van der Waals surface area contributed by atoms with Gasteiger partial charge in [-0.3, -0.25) is 9.69 Å². The lowest BCUT2D eigenvalue weighted by Gasteiger charge is -2.35. The van der Waals surface area contributed by atoms with Crippen molar-refractivity contribution in [2.24, 2.45) is 0 Å². The predicted molar refractivity (Wildman–Crippen MR) is 153 cm³/mol. The lowest BCUT2D eigenvalue weighted by Crippen LogP contribution is -2.46. The Hall–Kier alpha value is -4.40. The zero-order chi connectivity index (χ0) is 33.3. The minimum atomic E-state index is -4.89. The minimum Gasteiger partial charge on any atom is -0.479 e. The number of carbonyl (C=O) groups is 2. The number of rotatable bonds is 8. The van der Waals surface area contributed by atoms with E-state index in [-0.39, 0.29) is 56.8 Å². The maximum absolute atomic E-state index is 14.4. The van der Waals surface area contributed by atoms with E-state index in [2.05, 4.69) is 15.0 Å². The van der Waals surface area contributed by atoms with Crippen LogP contribution in [0.2, 0.25) is 0 Å². The number of anilines is 2. The fourth-order valence-electron chi connectivity index (χ4n) is 5.74. The van der Waals surface area contributed by atoms with Crippen LogP contribution in [0.5, 0.6) is 5.75 Å². The molecule has 0 saturated carbocycles. The van der Waals surface area contributed by atoms with E-state index >= 15 is 0 Å². The summed E-state index contributed by atoms with van der Waals surface area (Å²) in [5.41, 5.74) is -0.238. The van der Waals surface area contributed by atoms with Gasteiger partial charge >= 0.3 is 18.5 Å². The molecular weight excluding hydrogens is 625 g/mol. The van der Waals surface area contributed by atoms with E-state index < -0.39 is 41.9 Å². The van der Waals surface area contributed by atoms with Crippen LogP contribution in [-0.4, -0.2) is 70.8 Å². The monoisotopic (exact) mass is 654 g/mol. The first-order valence-corrected chi connectivity index (χ1v) is 14.4. The molecular formula is C31H29F7N4O4. The number of piperidine rings is 1. The van der Waals surface area contributed by atoms with E-state index in [0.717, 1.165) is 12.1 Å². The molecule has 3 aromatic rings. The number of pyridine rings is 1. The second-order valence-electron chi connectivity index (χ2n) is 11.2. The van der Waals surface area contributed by atoms with Gasteiger partial charge in [-0.25, -0.2) is 14.2 Å². The largest absolute Gasteiger partial charge is 0.573 e. The van der Waals surface area contributed by atoms with Crippen LogP contribution >= 0.6 is 0 Å². The molecule has 2 saturated heterocycles. The van der Waals surface area contributed by atoms with Gasteiger partial charge in [0.15, 0.2) is 0 Å². The van der Waals surface area contributed by atoms with Crippen molar-refractivity contribution in [2.45, 2.75) is 56.5 Å². The second-order valence-corrected chi connectivity index (χ2v) is 11.2. The van der Waals surface area contributed by atoms with Crippen LogP contribution in [0.15, 0.2) is 60.8 Å². The number of carbonyl (C=O) groups excluding carboxylic acids is 1. The van der Waals surface area contributed by atoms with E-state index in [0.29, 0.717) is 28.8 Å². The molecule has 0 spiro atoms. The summed E-state index contributed by atoms with van der Waals surface area (Å²) in [6.07, 6.45) is -8.11. The molecule has 3 heterocycles. The van der Waals surface area contributed by atoms with Crippen LogP contribution in [-0.2, 0) is 11.3 Å². The SMILES string of the molecule is O=C(Nc1cc(CN2CCC[C@H]2C(F)(F)F)c(-c2ccc(OC(F)(F)F)cc2)cn1)c1ccc(N2CCC(F)(C(=O)O)CC2)cc1. The molecule has 2 aromatic carbocycles. The molecule has 2 aliphatic heterocycles. The zero-order valence-electron chi connectivity index (χ0n) is 24.2. The highest BCUT2D eigenvalue weighted by Gasteiger charge is 2.46. The van der Waals surface area contributed by atoms with Crippen molar-refractivity contribution in [3.05, 3.63) is 71.9 Å². The number of carboxylic acids is 1. The van der Waals surface area contributed by atoms with Crippen molar-refractivity contribution >= 4 is 23.4 Å². The molecule has 5 rings (SSSR count). The molecule has 0 radical (unpaired) electrons. The van der Waals surface area contributed by atoms with Crippen LogP contribution in [0.3, 0.4) is 0 Å². The van der Waals surface area contributed by atoms with Crippen LogP contribution in [0.1, 0.15) is 41.6 Å². The highest BCUT2D eigenvalue weighted by Crippen LogP contribution is 2.36. The van der Waals surface area contributed by atoms with Crippen LogP contribution in [0.25, 0.3) is 11.1 Å². The number of aliphatic carboxylic acids is 1. The van der Waals surface area contributed by atoms with Gasteiger partial charge in [-0.15, -0.1) is 13.2 Å². The number of nitrogens with zero attached hydrogens (tertiary/aromatic N) is 3. The molecule has 0 aliphatic carbocycles. The van der Waals surface area contributed by atoms with Gasteiger partial charge in [0.05, 0.1) is 0 Å². The Bertz CT molecular complexity index is 1560. The molecule has 246 valence electrons. The molecule has 2 aliphatic rings. The number of benzene rings is 2. The number of ether oxygens (including phenoxy) is 1. The molecule has 2 N–H and O–H groups in total. The van der Waals surface area contributed by atoms with Gasteiger partial charge in [0, 0.05) is 55.5 Å². The molecule has 15 heteroatoms. The fourth-order valence-corrected chi connectivity index (χ4v) is 5.74. The first kappa shape index (κ1) is 33.0. The van der Waals surface area contributed by atoms with Crippen LogP contribution in [0.4, 0.5) is 42.2 Å². The number of carboxylic acid groups (broad SMARTS) is 1. The number of amides is 1. The molecule has 46 heavy (non-hydrogen) atoms. The summed E-state index contributed by atoms with van der Waals surface area (Å²) in [4.78, 5) is 31.6. The van der Waals surface area contributed by atoms with Gasteiger partial charge in [-0.1, -0.05) is 12.1 Å². The number of hydrogen-bond acceptors (Lipinski definition) is 6. The van der Waals surface area contributed by atoms with Crippen molar-refractivity contribution in [1.82, 2.24) is 9.88 Å². The molecule has 1 amide bonds. The van der Waals surface area contributed by atoms with Crippen LogP contribution in [0, 0.1) is 0 Å². The Morgan fingerprint density at radius 1 is 0.978 bits per heavy atom. The number of aromatic nitrogens is 1. The third-order valence-electron chi connectivity index (χ3n) is 8.18. The number of nitrogens with one attached hydrogen (secondary N) is 1. The quantitative estimate of drug-likeness (QED) is 0.258. The Kier molecular flexibility index (Phi) is 9.16. The lowest BCUT2D eigenvalue weighted by molar-refractivity contribution is -0.274. The van der Waals surface area contributed by atoms with E-state index in [4.69, 9.17) is 5.11 Å². The van der Waals surface area contributed by atoms with E-state index in [1.165, 1.54) is 41.4 Å². The van der Waals surface area contributed by atoms with E-state index in [1.54, 1.807) is 12.1 Å². The Balaban J connectivity index is 1.34. The summed E-state index contributed by atoms with van der Waals surface area (Å²) in [7, 11) is 0. The normalized spacial score (nSPS) is 18.8. The van der Waals surface area contributed by atoms with E-state index in [1.807, 2.05) is 4.90 Å². The van der Waals surface area contributed by atoms with Crippen molar-refractivity contribution in [3.63, 3.8) is 0 Å². The van der Waals surface area contributed by atoms with Crippen molar-refractivity contribution in [1.29, 1.82) is 0 Å². The first-order chi connectivity index (χ1) is 21.6. The summed E-state index contributed by atoms with van der Waals surface area (Å²) in [6, 6.07) is 10.9. The predicted octanol–water partition coefficient (Wildman–Crippen LogP) is 6.82. The molecule has 8 nitrogen and oxygen atoms in total. The van der Waals surface area contributed by atoms with Gasteiger partial charge in [-0.2, -0.15) is 13.2 Å². The number of halogens is 7. The Labute approximate surface area is 258 Å². The summed E-state index contributed by atoms with van der Waals surface area (Å²) in [5, 5.41) is 11.7. The van der Waals surface area contributed by atoms with Gasteiger partial charge in [0.1, 0.15) is 17.6 Å². The summed E-state index contributed by atoms with van der Waals surface area (Å²) in [6.45, 7) is 0.381. The minimum absolute atomic E-state index is 0.0524. The molecule has 2 fully saturated rings. The Morgan fingerprint density at radius 2 is 1.63 bits per heavy atom. The van der Waals surface area contributed by atoms with Crippen molar-refractivity contribution in [3.8, 4) is 16.9 Å². The number of likely N-dealkylation sites (tertiary alicyclic amines) is 1. The van der Waals surface area contributed by atoms with Gasteiger partial charge in [0.2, 0.25) is 5.67 Å². The zero-order valence-corrected chi connectivity index (χ0v) is 24.2. The number of hydrogen-bond donors (Lipinski definition) is 2. The topological polar surface area (TPSA) is 95.0 Å².